The number of benzene rings is 3. The van der Waals surface area contributed by atoms with Crippen molar-refractivity contribution >= 4 is 29.3 Å². The molecular formula is C28H24N2O3S. The molecule has 6 heteroatoms. The van der Waals surface area contributed by atoms with Gasteiger partial charge in [0, 0.05) is 33.7 Å². The molecule has 170 valence electrons. The van der Waals surface area contributed by atoms with E-state index < -0.39 is 5.97 Å². The lowest BCUT2D eigenvalue weighted by Gasteiger charge is -2.09. The molecule has 1 amide bonds. The molecule has 2 N–H and O–H groups in total. The molecule has 0 atom stereocenters. The maximum Gasteiger partial charge on any atom is 0.337 e. The van der Waals surface area contributed by atoms with Crippen molar-refractivity contribution in [2.75, 3.05) is 5.32 Å². The first-order valence-electron chi connectivity index (χ1n) is 10.8. The molecule has 0 aliphatic rings. The summed E-state index contributed by atoms with van der Waals surface area (Å²) in [4.78, 5) is 29.7. The number of aromatic nitrogens is 1. The molecule has 34 heavy (non-hydrogen) atoms. The quantitative estimate of drug-likeness (QED) is 0.298. The Hall–Kier alpha value is -3.90. The van der Waals surface area contributed by atoms with Gasteiger partial charge in [0.15, 0.2) is 0 Å². The van der Waals surface area contributed by atoms with E-state index in [1.54, 1.807) is 49.1 Å². The summed E-state index contributed by atoms with van der Waals surface area (Å²) in [6.07, 6.45) is 1.62. The topological polar surface area (TPSA) is 79.3 Å². The van der Waals surface area contributed by atoms with Crippen LogP contribution in [-0.4, -0.2) is 22.0 Å². The zero-order valence-corrected chi connectivity index (χ0v) is 19.7. The van der Waals surface area contributed by atoms with E-state index in [0.29, 0.717) is 22.5 Å². The van der Waals surface area contributed by atoms with E-state index in [9.17, 15) is 14.7 Å². The predicted octanol–water partition coefficient (Wildman–Crippen LogP) is 6.61. The van der Waals surface area contributed by atoms with Gasteiger partial charge in [-0.15, -0.1) is 11.8 Å². The third kappa shape index (κ3) is 5.71. The first kappa shape index (κ1) is 23.3. The molecule has 0 spiro atoms. The average Bonchev–Trinajstić information content (AvgIpc) is 2.85. The fourth-order valence-electron chi connectivity index (χ4n) is 3.44. The van der Waals surface area contributed by atoms with E-state index in [0.717, 1.165) is 11.3 Å². The maximum atomic E-state index is 12.8. The summed E-state index contributed by atoms with van der Waals surface area (Å²) in [6.45, 7) is 3.73. The van der Waals surface area contributed by atoms with Gasteiger partial charge < -0.3 is 10.4 Å². The second kappa shape index (κ2) is 10.4. The molecule has 5 nitrogen and oxygen atoms in total. The molecule has 0 aliphatic heterocycles. The number of aromatic carboxylic acids is 1. The number of anilines is 1. The third-order valence-corrected chi connectivity index (χ3v) is 6.50. The van der Waals surface area contributed by atoms with Gasteiger partial charge in [-0.2, -0.15) is 0 Å². The number of pyridine rings is 1. The van der Waals surface area contributed by atoms with Gasteiger partial charge >= 0.3 is 5.97 Å². The Kier molecular flexibility index (Phi) is 7.09. The predicted molar refractivity (Wildman–Crippen MR) is 137 cm³/mol. The Labute approximate surface area is 202 Å². The Bertz CT molecular complexity index is 1330. The summed E-state index contributed by atoms with van der Waals surface area (Å²) in [5.74, 6) is -0.411. The highest BCUT2D eigenvalue weighted by Crippen LogP contribution is 2.25. The first-order chi connectivity index (χ1) is 16.4. The maximum absolute atomic E-state index is 12.8. The number of thioether (sulfide) groups is 1. The van der Waals surface area contributed by atoms with Crippen molar-refractivity contribution in [2.45, 2.75) is 24.5 Å². The Morgan fingerprint density at radius 2 is 1.65 bits per heavy atom. The van der Waals surface area contributed by atoms with Crippen molar-refractivity contribution in [2.24, 2.45) is 0 Å². The average molecular weight is 469 g/mol. The van der Waals surface area contributed by atoms with E-state index >= 15 is 0 Å². The Morgan fingerprint density at radius 3 is 2.35 bits per heavy atom. The lowest BCUT2D eigenvalue weighted by atomic mass is 10.0. The van der Waals surface area contributed by atoms with E-state index in [-0.39, 0.29) is 11.5 Å². The SMILES string of the molecule is Cc1ccc(SCc2ccc(NC(=O)c3cccc(-c4cnc(C)c(C(=O)O)c4)c3)cc2)cc1. The molecule has 3 aromatic carbocycles. The molecule has 1 aromatic heterocycles. The number of aryl methyl sites for hydroxylation is 2. The second-order valence-corrected chi connectivity index (χ2v) is 9.04. The van der Waals surface area contributed by atoms with Crippen LogP contribution in [0.4, 0.5) is 5.69 Å². The molecule has 0 saturated heterocycles. The van der Waals surface area contributed by atoms with Crippen molar-refractivity contribution in [3.8, 4) is 11.1 Å². The zero-order valence-electron chi connectivity index (χ0n) is 18.9. The fourth-order valence-corrected chi connectivity index (χ4v) is 4.29. The van der Waals surface area contributed by atoms with E-state index in [4.69, 9.17) is 0 Å². The number of carboxylic acid groups (broad SMARTS) is 1. The second-order valence-electron chi connectivity index (χ2n) is 8.00. The molecule has 0 aliphatic carbocycles. The molecule has 0 bridgehead atoms. The van der Waals surface area contributed by atoms with Crippen LogP contribution in [0.15, 0.2) is 90.0 Å². The fraction of sp³-hybridized carbons (Fsp3) is 0.107. The Balaban J connectivity index is 1.42. The number of carbonyl (C=O) groups excluding carboxylic acids is 1. The van der Waals surface area contributed by atoms with Crippen LogP contribution in [0.2, 0.25) is 0 Å². The summed E-state index contributed by atoms with van der Waals surface area (Å²) in [5, 5.41) is 12.3. The number of carboxylic acids is 1. The molecular weight excluding hydrogens is 444 g/mol. The molecule has 0 radical (unpaired) electrons. The molecule has 1 heterocycles. The van der Waals surface area contributed by atoms with Crippen LogP contribution in [0.3, 0.4) is 0 Å². The number of hydrogen-bond donors (Lipinski definition) is 2. The van der Waals surface area contributed by atoms with Crippen molar-refractivity contribution in [1.82, 2.24) is 4.98 Å². The minimum atomic E-state index is -1.03. The van der Waals surface area contributed by atoms with Crippen LogP contribution >= 0.6 is 11.8 Å². The summed E-state index contributed by atoms with van der Waals surface area (Å²) in [7, 11) is 0. The minimum absolute atomic E-state index is 0.146. The van der Waals surface area contributed by atoms with Gasteiger partial charge in [0.25, 0.3) is 5.91 Å². The first-order valence-corrected chi connectivity index (χ1v) is 11.8. The number of amides is 1. The number of rotatable bonds is 7. The van der Waals surface area contributed by atoms with Gasteiger partial charge in [0.2, 0.25) is 0 Å². The molecule has 0 saturated carbocycles. The summed E-state index contributed by atoms with van der Waals surface area (Å²) in [5.41, 5.74) is 5.58. The van der Waals surface area contributed by atoms with E-state index in [1.165, 1.54) is 16.0 Å². The largest absolute Gasteiger partial charge is 0.478 e. The van der Waals surface area contributed by atoms with Crippen molar-refractivity contribution in [3.05, 3.63) is 113 Å². The van der Waals surface area contributed by atoms with Gasteiger partial charge in [-0.05, 0) is 67.4 Å². The van der Waals surface area contributed by atoms with Crippen molar-refractivity contribution in [3.63, 3.8) is 0 Å². The summed E-state index contributed by atoms with van der Waals surface area (Å²) < 4.78 is 0. The number of nitrogens with one attached hydrogen (secondary N) is 1. The number of hydrogen-bond acceptors (Lipinski definition) is 4. The molecule has 0 unspecified atom stereocenters. The van der Waals surface area contributed by atoms with Gasteiger partial charge in [-0.25, -0.2) is 4.79 Å². The van der Waals surface area contributed by atoms with Gasteiger partial charge in [-0.1, -0.05) is 42.0 Å². The highest BCUT2D eigenvalue weighted by molar-refractivity contribution is 7.98. The van der Waals surface area contributed by atoms with Crippen LogP contribution in [0.1, 0.15) is 37.5 Å². The standard InChI is InChI=1S/C28H24N2O3S/c1-18-6-12-25(13-7-18)34-17-20-8-10-24(11-9-20)30-27(31)22-5-3-4-21(14-22)23-15-26(28(32)33)19(2)29-16-23/h3-16H,17H2,1-2H3,(H,30,31)(H,32,33). The summed E-state index contributed by atoms with van der Waals surface area (Å²) in [6, 6.07) is 24.9. The molecule has 0 fully saturated rings. The Morgan fingerprint density at radius 1 is 0.912 bits per heavy atom. The highest BCUT2D eigenvalue weighted by atomic mass is 32.2. The van der Waals surface area contributed by atoms with Gasteiger partial charge in [0.1, 0.15) is 0 Å². The van der Waals surface area contributed by atoms with Crippen molar-refractivity contribution in [1.29, 1.82) is 0 Å². The van der Waals surface area contributed by atoms with Crippen molar-refractivity contribution < 1.29 is 14.7 Å². The monoisotopic (exact) mass is 468 g/mol. The highest BCUT2D eigenvalue weighted by Gasteiger charge is 2.12. The van der Waals surface area contributed by atoms with Gasteiger partial charge in [-0.3, -0.25) is 9.78 Å². The molecule has 4 rings (SSSR count). The van der Waals surface area contributed by atoms with E-state index in [1.807, 2.05) is 30.3 Å². The van der Waals surface area contributed by atoms with Crippen LogP contribution < -0.4 is 5.32 Å². The third-order valence-electron chi connectivity index (χ3n) is 5.41. The van der Waals surface area contributed by atoms with E-state index in [2.05, 4.69) is 41.5 Å². The van der Waals surface area contributed by atoms with Crippen LogP contribution in [-0.2, 0) is 5.75 Å². The van der Waals surface area contributed by atoms with Crippen LogP contribution in [0.25, 0.3) is 11.1 Å². The number of nitrogens with zero attached hydrogens (tertiary/aromatic N) is 1. The molecule has 4 aromatic rings. The minimum Gasteiger partial charge on any atom is -0.478 e. The van der Waals surface area contributed by atoms with Crippen LogP contribution in [0, 0.1) is 13.8 Å². The lowest BCUT2D eigenvalue weighted by Crippen LogP contribution is -2.11. The van der Waals surface area contributed by atoms with Gasteiger partial charge in [0.05, 0.1) is 11.3 Å². The summed E-state index contributed by atoms with van der Waals surface area (Å²) >= 11 is 1.77. The smallest absolute Gasteiger partial charge is 0.337 e. The van der Waals surface area contributed by atoms with Crippen LogP contribution in [0.5, 0.6) is 0 Å². The lowest BCUT2D eigenvalue weighted by molar-refractivity contribution is 0.0695. The normalized spacial score (nSPS) is 10.6. The number of carbonyl (C=O) groups is 2. The zero-order chi connectivity index (χ0) is 24.1.